The maximum absolute atomic E-state index is 12.1. The maximum atomic E-state index is 12.1. The Kier molecular flexibility index (Phi) is 8.85. The van der Waals surface area contributed by atoms with Gasteiger partial charge in [0.05, 0.1) is 34.9 Å². The third kappa shape index (κ3) is 5.90. The molecule has 2 heterocycles. The number of benzene rings is 2. The van der Waals surface area contributed by atoms with Crippen molar-refractivity contribution in [1.82, 2.24) is 19.7 Å². The van der Waals surface area contributed by atoms with E-state index in [0.29, 0.717) is 57.7 Å². The molecule has 0 saturated carbocycles. The Hall–Kier alpha value is -3.12. The predicted molar refractivity (Wildman–Crippen MR) is 147 cm³/mol. The second-order valence-corrected chi connectivity index (χ2v) is 9.99. The number of fused-ring (bicyclic) bond motifs is 1. The molecule has 0 spiro atoms. The van der Waals surface area contributed by atoms with Crippen molar-refractivity contribution in [3.05, 3.63) is 47.1 Å². The Morgan fingerprint density at radius 2 is 1.84 bits per heavy atom. The van der Waals surface area contributed by atoms with Crippen LogP contribution in [0.2, 0.25) is 5.02 Å². The molecule has 0 amide bonds. The third-order valence-electron chi connectivity index (χ3n) is 5.47. The van der Waals surface area contributed by atoms with Gasteiger partial charge in [0.1, 0.15) is 22.5 Å². The number of aromatic nitrogens is 4. The fraction of sp³-hybridized carbons (Fsp3) is 0.292. The molecule has 0 fully saturated rings. The van der Waals surface area contributed by atoms with E-state index in [-0.39, 0.29) is 23.1 Å². The van der Waals surface area contributed by atoms with Crippen LogP contribution in [0.5, 0.6) is 11.5 Å². The normalized spacial score (nSPS) is 11.3. The van der Waals surface area contributed by atoms with Crippen molar-refractivity contribution in [2.24, 2.45) is 12.2 Å². The molecule has 0 unspecified atom stereocenters. The van der Waals surface area contributed by atoms with Crippen LogP contribution in [0.25, 0.3) is 22.4 Å². The van der Waals surface area contributed by atoms with Gasteiger partial charge in [0.2, 0.25) is 10.0 Å². The zero-order chi connectivity index (χ0) is 26.0. The van der Waals surface area contributed by atoms with Gasteiger partial charge in [-0.1, -0.05) is 24.9 Å². The summed E-state index contributed by atoms with van der Waals surface area (Å²) in [4.78, 5) is 9.50. The first-order valence-electron chi connectivity index (χ1n) is 11.3. The number of hydrogen-bond donors (Lipinski definition) is 2. The van der Waals surface area contributed by atoms with Crippen molar-refractivity contribution in [3.63, 3.8) is 0 Å². The van der Waals surface area contributed by atoms with Gasteiger partial charge in [-0.15, -0.1) is 12.4 Å². The highest BCUT2D eigenvalue weighted by Gasteiger charge is 2.21. The number of nitrogens with two attached hydrogens (primary N) is 1. The van der Waals surface area contributed by atoms with Gasteiger partial charge in [0, 0.05) is 12.7 Å². The van der Waals surface area contributed by atoms with Gasteiger partial charge in [-0.25, -0.2) is 23.5 Å². The first-order valence-corrected chi connectivity index (χ1v) is 13.2. The Morgan fingerprint density at radius 1 is 1.11 bits per heavy atom. The van der Waals surface area contributed by atoms with E-state index in [1.54, 1.807) is 30.0 Å². The number of aryl methyl sites for hydroxylation is 2. The second kappa shape index (κ2) is 11.5. The van der Waals surface area contributed by atoms with Crippen molar-refractivity contribution in [2.45, 2.75) is 31.6 Å². The molecule has 0 aliphatic heterocycles. The van der Waals surface area contributed by atoms with Gasteiger partial charge < -0.3 is 14.8 Å². The molecular weight excluding hydrogens is 539 g/mol. The lowest BCUT2D eigenvalue weighted by Crippen LogP contribution is -2.12. The highest BCUT2D eigenvalue weighted by molar-refractivity contribution is 7.89. The minimum atomic E-state index is -3.96. The summed E-state index contributed by atoms with van der Waals surface area (Å²) in [5.41, 5.74) is 3.21. The molecule has 198 valence electrons. The van der Waals surface area contributed by atoms with Crippen molar-refractivity contribution < 1.29 is 17.9 Å². The van der Waals surface area contributed by atoms with Gasteiger partial charge >= 0.3 is 0 Å². The zero-order valence-corrected chi connectivity index (χ0v) is 23.2. The first kappa shape index (κ1) is 28.5. The Morgan fingerprint density at radius 3 is 2.46 bits per heavy atom. The summed E-state index contributed by atoms with van der Waals surface area (Å²) >= 11 is 6.33. The number of ether oxygens (including phenoxy) is 2. The minimum Gasteiger partial charge on any atom is -0.495 e. The number of methoxy groups -OCH3 is 1. The number of primary sulfonamides is 1. The maximum Gasteiger partial charge on any atom is 0.238 e. The van der Waals surface area contributed by atoms with Gasteiger partial charge in [0.15, 0.2) is 11.6 Å². The predicted octanol–water partition coefficient (Wildman–Crippen LogP) is 4.86. The molecule has 4 rings (SSSR count). The largest absolute Gasteiger partial charge is 0.495 e. The number of nitrogens with one attached hydrogen (secondary N) is 1. The Balaban J connectivity index is 0.00000380. The average Bonchev–Trinajstić information content (AvgIpc) is 3.14. The molecule has 0 aliphatic rings. The molecule has 2 aromatic carbocycles. The summed E-state index contributed by atoms with van der Waals surface area (Å²) in [6.07, 6.45) is 1.57. The summed E-state index contributed by atoms with van der Waals surface area (Å²) in [7, 11) is -0.590. The Labute approximate surface area is 226 Å². The number of rotatable bonds is 9. The van der Waals surface area contributed by atoms with Crippen molar-refractivity contribution in [3.8, 4) is 22.9 Å². The summed E-state index contributed by atoms with van der Waals surface area (Å²) in [6.45, 7) is 4.26. The van der Waals surface area contributed by atoms with Crippen molar-refractivity contribution >= 4 is 56.6 Å². The van der Waals surface area contributed by atoms with E-state index in [2.05, 4.69) is 17.3 Å². The van der Waals surface area contributed by atoms with Crippen LogP contribution in [-0.4, -0.2) is 41.9 Å². The SMILES string of the molecule is CCCc1nn(C)c2c(Nc3ccc(OC)c(Cl)c3)nc(-c3cc(S(N)(=O)=O)ccc3OCC)nc12.Cl. The van der Waals surface area contributed by atoms with Crippen LogP contribution in [0.1, 0.15) is 26.0 Å². The fourth-order valence-corrected chi connectivity index (χ4v) is 4.67. The summed E-state index contributed by atoms with van der Waals surface area (Å²) in [6, 6.07) is 9.66. The van der Waals surface area contributed by atoms with Crippen molar-refractivity contribution in [1.29, 1.82) is 0 Å². The van der Waals surface area contributed by atoms with E-state index in [1.165, 1.54) is 12.1 Å². The van der Waals surface area contributed by atoms with E-state index >= 15 is 0 Å². The topological polar surface area (TPSA) is 134 Å². The lowest BCUT2D eigenvalue weighted by Gasteiger charge is -2.14. The van der Waals surface area contributed by atoms with Gasteiger partial charge in [0.25, 0.3) is 0 Å². The molecule has 37 heavy (non-hydrogen) atoms. The standard InChI is InChI=1S/C24H27ClN6O4S.ClH/c1-5-7-18-21-22(31(3)30-18)24(27-14-8-10-20(34-4)17(25)12-14)29-23(28-21)16-13-15(36(26,32)33)9-11-19(16)35-6-2;/h8-13H,5-7H2,1-4H3,(H2,26,32,33)(H,27,28,29);1H. The summed E-state index contributed by atoms with van der Waals surface area (Å²) in [5, 5.41) is 13.8. The molecule has 0 aliphatic carbocycles. The zero-order valence-electron chi connectivity index (χ0n) is 20.8. The van der Waals surface area contributed by atoms with Crippen LogP contribution in [0.15, 0.2) is 41.3 Å². The molecule has 2 aromatic heterocycles. The average molecular weight is 567 g/mol. The van der Waals surface area contributed by atoms with E-state index in [9.17, 15) is 8.42 Å². The van der Waals surface area contributed by atoms with E-state index in [4.69, 9.17) is 36.2 Å². The number of sulfonamides is 1. The third-order valence-corrected chi connectivity index (χ3v) is 6.68. The lowest BCUT2D eigenvalue weighted by atomic mass is 10.1. The van der Waals surface area contributed by atoms with Crippen LogP contribution in [-0.2, 0) is 23.5 Å². The monoisotopic (exact) mass is 566 g/mol. The molecular formula is C24H28Cl2N6O4S. The van der Waals surface area contributed by atoms with E-state index < -0.39 is 10.0 Å². The summed E-state index contributed by atoms with van der Waals surface area (Å²) in [5.74, 6) is 1.72. The minimum absolute atomic E-state index is 0. The highest BCUT2D eigenvalue weighted by Crippen LogP contribution is 2.35. The Bertz CT molecular complexity index is 1540. The number of hydrogen-bond acceptors (Lipinski definition) is 8. The molecule has 10 nitrogen and oxygen atoms in total. The fourth-order valence-electron chi connectivity index (χ4n) is 3.88. The van der Waals surface area contributed by atoms with Gasteiger partial charge in [-0.3, -0.25) is 4.68 Å². The number of anilines is 2. The quantitative estimate of drug-likeness (QED) is 0.293. The summed E-state index contributed by atoms with van der Waals surface area (Å²) < 4.78 is 36.9. The molecule has 0 radical (unpaired) electrons. The number of nitrogens with zero attached hydrogens (tertiary/aromatic N) is 4. The molecule has 4 aromatic rings. The van der Waals surface area contributed by atoms with Crippen molar-refractivity contribution in [2.75, 3.05) is 19.0 Å². The molecule has 3 N–H and O–H groups in total. The molecule has 0 bridgehead atoms. The first-order chi connectivity index (χ1) is 17.2. The van der Waals surface area contributed by atoms with Gasteiger partial charge in [-0.05, 0) is 49.7 Å². The van der Waals surface area contributed by atoms with E-state index in [0.717, 1.165) is 12.1 Å². The van der Waals surface area contributed by atoms with Crippen LogP contribution in [0.3, 0.4) is 0 Å². The van der Waals surface area contributed by atoms with Gasteiger partial charge in [-0.2, -0.15) is 5.10 Å². The molecule has 0 atom stereocenters. The van der Waals surface area contributed by atoms with E-state index in [1.807, 2.05) is 20.0 Å². The second-order valence-electron chi connectivity index (χ2n) is 8.02. The molecule has 0 saturated heterocycles. The smallest absolute Gasteiger partial charge is 0.238 e. The van der Waals surface area contributed by atoms with Crippen LogP contribution >= 0.6 is 24.0 Å². The van der Waals surface area contributed by atoms with Crippen LogP contribution in [0.4, 0.5) is 11.5 Å². The highest BCUT2D eigenvalue weighted by atomic mass is 35.5. The van der Waals surface area contributed by atoms with Crippen LogP contribution < -0.4 is 19.9 Å². The lowest BCUT2D eigenvalue weighted by molar-refractivity contribution is 0.341. The number of halogens is 2. The van der Waals surface area contributed by atoms with Crippen LogP contribution in [0, 0.1) is 0 Å². The molecule has 13 heteroatoms.